The summed E-state index contributed by atoms with van der Waals surface area (Å²) in [6.45, 7) is 23.8. The van der Waals surface area contributed by atoms with Crippen LogP contribution in [0, 0.1) is 0 Å². The fourth-order valence-electron chi connectivity index (χ4n) is 10.8. The molecule has 4 N–H and O–H groups in total. The molecule has 0 fully saturated rings. The number of rotatable bonds is 8. The number of hydrogen-bond acceptors (Lipinski definition) is 10. The monoisotopic (exact) mass is 1070 g/mol. The van der Waals surface area contributed by atoms with Crippen molar-refractivity contribution >= 4 is 56.1 Å². The molecule has 0 unspecified atom stereocenters. The molecule has 2 aliphatic rings. The van der Waals surface area contributed by atoms with Gasteiger partial charge in [-0.1, -0.05) is 123 Å². The van der Waals surface area contributed by atoms with Crippen LogP contribution in [-0.4, -0.2) is 75.2 Å². The van der Waals surface area contributed by atoms with Gasteiger partial charge in [-0.05, 0) is 106 Å². The molecule has 384 valence electrons. The first kappa shape index (κ1) is 52.3. The van der Waals surface area contributed by atoms with Crippen LogP contribution >= 0.6 is 0 Å². The maximum Gasteiger partial charge on any atom is 0.336 e. The molecule has 5 heterocycles. The van der Waals surface area contributed by atoms with Crippen LogP contribution in [0.5, 0.6) is 11.5 Å². The summed E-state index contributed by atoms with van der Waals surface area (Å²) in [5, 5.41) is 25.2. The zero-order chi connectivity index (χ0) is 53.7. The SMILES string of the molecule is CCOc1ccc(-c2ccc3c(c2-c2ccc(OCC)cc2C(=O)O)-c2nc-3nc3[nH]c(nc4nc(nc5[nH]c(n2)c2cccc(C(C)(C)C)c52)-c2cccc(C(C)(C)C)c2-4)c2cccc(C(C)(C)C)c32)c(C(=O)O)c1.[Zn]. The van der Waals surface area contributed by atoms with Crippen molar-refractivity contribution in [2.45, 2.75) is 92.4 Å². The summed E-state index contributed by atoms with van der Waals surface area (Å²) in [5.41, 5.74) is 8.13. The molecule has 0 saturated heterocycles. The number of ether oxygens (including phenoxy) is 2. The van der Waals surface area contributed by atoms with Crippen molar-refractivity contribution < 1.29 is 48.8 Å². The molecule has 6 aromatic carbocycles. The normalized spacial score (nSPS) is 12.3. The van der Waals surface area contributed by atoms with Gasteiger partial charge in [-0.3, -0.25) is 0 Å². The van der Waals surface area contributed by atoms with Crippen LogP contribution in [0.3, 0.4) is 0 Å². The van der Waals surface area contributed by atoms with E-state index in [1.165, 1.54) is 12.1 Å². The van der Waals surface area contributed by atoms with Gasteiger partial charge >= 0.3 is 11.9 Å². The van der Waals surface area contributed by atoms with Gasteiger partial charge in [0.1, 0.15) is 34.1 Å². The van der Waals surface area contributed by atoms with Gasteiger partial charge in [0.05, 0.1) is 24.3 Å². The zero-order valence-electron chi connectivity index (χ0n) is 45.1. The van der Waals surface area contributed by atoms with E-state index in [4.69, 9.17) is 39.4 Å². The number of carbonyl (C=O) groups is 2. The van der Waals surface area contributed by atoms with Crippen LogP contribution in [0.15, 0.2) is 103 Å². The molecule has 77 heavy (non-hydrogen) atoms. The Labute approximate surface area is 458 Å². The van der Waals surface area contributed by atoms with E-state index in [0.29, 0.717) is 86.8 Å². The summed E-state index contributed by atoms with van der Waals surface area (Å²) in [5.74, 6) is -0.210. The Bertz CT molecular complexity index is 4100. The van der Waals surface area contributed by atoms with Crippen LogP contribution in [0.2, 0.25) is 0 Å². The van der Waals surface area contributed by atoms with Crippen molar-refractivity contribution in [2.24, 2.45) is 0 Å². The first-order valence-corrected chi connectivity index (χ1v) is 25.6. The van der Waals surface area contributed by atoms with Crippen molar-refractivity contribution in [1.29, 1.82) is 0 Å². The van der Waals surface area contributed by atoms with E-state index in [1.54, 1.807) is 30.3 Å². The Morgan fingerprint density at radius 2 is 0.844 bits per heavy atom. The number of aromatic nitrogens is 8. The van der Waals surface area contributed by atoms with Crippen LogP contribution in [-0.2, 0) is 35.7 Å². The number of H-pyrrole nitrogens is 2. The molecule has 0 radical (unpaired) electrons. The van der Waals surface area contributed by atoms with Crippen molar-refractivity contribution in [1.82, 2.24) is 39.9 Å². The molecular formula is C62H58N8O6Zn. The minimum atomic E-state index is -1.22. The van der Waals surface area contributed by atoms with E-state index in [9.17, 15) is 19.8 Å². The summed E-state index contributed by atoms with van der Waals surface area (Å²) in [6, 6.07) is 31.9. The van der Waals surface area contributed by atoms with Crippen LogP contribution < -0.4 is 9.47 Å². The second-order valence-corrected chi connectivity index (χ2v) is 22.3. The smallest absolute Gasteiger partial charge is 0.336 e. The van der Waals surface area contributed by atoms with Gasteiger partial charge in [-0.15, -0.1) is 0 Å². The van der Waals surface area contributed by atoms with E-state index in [2.05, 4.69) is 90.5 Å². The second-order valence-electron chi connectivity index (χ2n) is 22.3. The third kappa shape index (κ3) is 8.99. The molecular weight excluding hydrogens is 1020 g/mol. The van der Waals surface area contributed by atoms with Crippen molar-refractivity contribution in [3.05, 3.63) is 131 Å². The summed E-state index contributed by atoms with van der Waals surface area (Å²) in [7, 11) is 0. The minimum absolute atomic E-state index is 0. The molecule has 9 aromatic rings. The Balaban J connectivity index is 0.00000672. The first-order valence-electron chi connectivity index (χ1n) is 25.6. The van der Waals surface area contributed by atoms with Gasteiger partial charge < -0.3 is 29.7 Å². The van der Waals surface area contributed by atoms with E-state index in [0.717, 1.165) is 49.4 Å². The van der Waals surface area contributed by atoms with Gasteiger partial charge in [-0.2, -0.15) is 0 Å². The summed E-state index contributed by atoms with van der Waals surface area (Å²) >= 11 is 0. The van der Waals surface area contributed by atoms with Crippen LogP contribution in [0.1, 0.15) is 114 Å². The number of fused-ring (bicyclic) bond motifs is 20. The molecule has 14 nitrogen and oxygen atoms in total. The second kappa shape index (κ2) is 19.1. The number of carboxylic acid groups (broad SMARTS) is 2. The first-order chi connectivity index (χ1) is 36.1. The maximum absolute atomic E-state index is 13.6. The van der Waals surface area contributed by atoms with E-state index in [-0.39, 0.29) is 64.1 Å². The number of carboxylic acids is 2. The Morgan fingerprint density at radius 3 is 1.32 bits per heavy atom. The topological polar surface area (TPSA) is 202 Å². The summed E-state index contributed by atoms with van der Waals surface area (Å²) in [6.07, 6.45) is 0. The molecule has 11 rings (SSSR count). The van der Waals surface area contributed by atoms with Crippen molar-refractivity contribution in [2.75, 3.05) is 13.2 Å². The molecule has 15 heteroatoms. The molecule has 0 saturated carbocycles. The molecule has 0 amide bonds. The molecule has 0 atom stereocenters. The number of aromatic amines is 2. The van der Waals surface area contributed by atoms with Gasteiger partial charge in [0.2, 0.25) is 0 Å². The average Bonchev–Trinajstić information content (AvgIpc) is 4.25. The van der Waals surface area contributed by atoms with Gasteiger partial charge in [0.25, 0.3) is 0 Å². The quantitative estimate of drug-likeness (QED) is 0.105. The van der Waals surface area contributed by atoms with Crippen molar-refractivity contribution in [3.8, 4) is 79.3 Å². The standard InChI is InChI=1S/C62H58N8O6.Zn/c1-12-75-31-23-25-33(40(29-31)58(71)72)34-27-28-39-49(45(34)35-26-24-32(76-13-2)30-41(35)59(73)74)57-69-52-38-19-16-22-44(62(9,10)11)48(38)55(67-52)65-50-36-17-14-20-42(60(3,4)5)46(36)54(63-50)64-51-37-18-15-21-43(61(6,7)8)47(37)56(66-51)68-53(39)70-57;/h14-30H,12-13H2,1-11H3,(H,71,72)(H,73,74)(H2,63,64,65,66,67,68,69,70);. The fraction of sp³-hybridized carbons (Fsp3) is 0.258. The predicted molar refractivity (Wildman–Crippen MR) is 299 cm³/mol. The summed E-state index contributed by atoms with van der Waals surface area (Å²) < 4.78 is 11.6. The molecule has 3 aromatic heterocycles. The zero-order valence-corrected chi connectivity index (χ0v) is 48.1. The molecule has 0 spiro atoms. The van der Waals surface area contributed by atoms with E-state index >= 15 is 0 Å². The minimum Gasteiger partial charge on any atom is -0.494 e. The molecule has 0 aliphatic carbocycles. The Hall–Kier alpha value is -8.16. The van der Waals surface area contributed by atoms with Crippen LogP contribution in [0.25, 0.3) is 112 Å². The van der Waals surface area contributed by atoms with Gasteiger partial charge in [0, 0.05) is 68.8 Å². The number of hydrogen-bond donors (Lipinski definition) is 4. The van der Waals surface area contributed by atoms with E-state index < -0.39 is 11.9 Å². The number of benzene rings is 6. The fourth-order valence-corrected chi connectivity index (χ4v) is 10.8. The third-order valence-electron chi connectivity index (χ3n) is 14.1. The van der Waals surface area contributed by atoms with E-state index in [1.807, 2.05) is 56.3 Å². The Kier molecular flexibility index (Phi) is 13.0. The number of aromatic carboxylic acids is 2. The third-order valence-corrected chi connectivity index (χ3v) is 14.1. The predicted octanol–water partition coefficient (Wildman–Crippen LogP) is 14.3. The Morgan fingerprint density at radius 1 is 0.442 bits per heavy atom. The van der Waals surface area contributed by atoms with Gasteiger partial charge in [-0.25, -0.2) is 39.5 Å². The van der Waals surface area contributed by atoms with Crippen molar-refractivity contribution in [3.63, 3.8) is 0 Å². The largest absolute Gasteiger partial charge is 0.494 e. The summed E-state index contributed by atoms with van der Waals surface area (Å²) in [4.78, 5) is 66.6. The maximum atomic E-state index is 13.6. The average molecular weight is 1080 g/mol. The number of nitrogens with zero attached hydrogens (tertiary/aromatic N) is 6. The van der Waals surface area contributed by atoms with Gasteiger partial charge in [0.15, 0.2) is 23.3 Å². The van der Waals surface area contributed by atoms with Crippen LogP contribution in [0.4, 0.5) is 0 Å². The molecule has 8 bridgehead atoms. The number of nitrogens with one attached hydrogen (secondary N) is 2. The molecule has 2 aliphatic heterocycles.